The summed E-state index contributed by atoms with van der Waals surface area (Å²) < 4.78 is 18.5. The van der Waals surface area contributed by atoms with Crippen LogP contribution in [0.5, 0.6) is 0 Å². The van der Waals surface area contributed by atoms with Gasteiger partial charge < -0.3 is 13.3 Å². The van der Waals surface area contributed by atoms with Crippen molar-refractivity contribution in [3.63, 3.8) is 0 Å². The van der Waals surface area contributed by atoms with Gasteiger partial charge in [-0.25, -0.2) is 0 Å². The zero-order valence-corrected chi connectivity index (χ0v) is 43.8. The van der Waals surface area contributed by atoms with Gasteiger partial charge in [0.25, 0.3) is 0 Å². The first-order valence-corrected chi connectivity index (χ1v) is 27.1. The topological polar surface area (TPSA) is 36.9 Å². The lowest BCUT2D eigenvalue weighted by molar-refractivity contribution is -1.04. The van der Waals surface area contributed by atoms with Crippen molar-refractivity contribution in [3.05, 3.63) is 12.3 Å². The van der Waals surface area contributed by atoms with E-state index in [1.165, 1.54) is 199 Å². The lowest BCUT2D eigenvalue weighted by atomic mass is 10.0. The van der Waals surface area contributed by atoms with Crippen molar-refractivity contribution in [2.75, 3.05) is 40.5 Å². The SMILES string of the molecule is CCC.CCCCCCCCCCCCCCCC1CC1.CCCCCCCCCCCCCCCCC=C[N+](C)(C)OCC(C)[Si](OCC)(OCC)OCC.Cl.Cl. The number of halogens is 2. The van der Waals surface area contributed by atoms with Gasteiger partial charge >= 0.3 is 8.80 Å². The fraction of sp³-hybridized carbons (Fsp3) is 0.960. The Balaban J connectivity index is -0.000000530. The first kappa shape index (κ1) is 65.0. The fourth-order valence-corrected chi connectivity index (χ4v) is 9.84. The molecule has 1 unspecified atom stereocenters. The smallest absolute Gasteiger partial charge is 0.374 e. The molecule has 0 N–H and O–H groups in total. The van der Waals surface area contributed by atoms with Gasteiger partial charge in [-0.2, -0.15) is 9.48 Å². The van der Waals surface area contributed by atoms with Crippen LogP contribution in [-0.4, -0.2) is 54.0 Å². The molecular formula is C50H108Cl2NO4Si+. The summed E-state index contributed by atoms with van der Waals surface area (Å²) in [6.07, 6.45) is 50.3. The molecule has 0 heterocycles. The van der Waals surface area contributed by atoms with E-state index in [1.807, 2.05) is 20.8 Å². The minimum absolute atomic E-state index is 0. The van der Waals surface area contributed by atoms with E-state index in [-0.39, 0.29) is 30.4 Å². The monoisotopic (exact) mass is 885 g/mol. The number of hydrogen-bond acceptors (Lipinski definition) is 4. The van der Waals surface area contributed by atoms with Gasteiger partial charge in [-0.15, -0.1) is 24.8 Å². The Morgan fingerprint density at radius 2 is 0.810 bits per heavy atom. The standard InChI is InChI=1S/C29H62NO4Si.C18H36.C3H8.2ClH/c1-8-12-13-14-15-16-17-18-19-20-21-22-23-24-25-26-27-30(6,7)31-28-29(5)35(32-9-2,33-10-3)34-11-4;1-2-3-4-5-6-7-8-9-10-11-12-13-14-15-18-16-17-18;1-3-2;;/h26-27,29H,8-25,28H2,1-7H3;18H,2-17H2,1H3;3H2,1-2H3;2*1H/q+1;;;;. The Morgan fingerprint density at radius 1 is 0.500 bits per heavy atom. The van der Waals surface area contributed by atoms with Crippen LogP contribution in [0.3, 0.4) is 0 Å². The maximum absolute atomic E-state index is 6.21. The quantitative estimate of drug-likeness (QED) is 0.0266. The molecule has 5 nitrogen and oxygen atoms in total. The van der Waals surface area contributed by atoms with Crippen molar-refractivity contribution in [2.24, 2.45) is 5.92 Å². The molecule has 8 heteroatoms. The summed E-state index contributed by atoms with van der Waals surface area (Å²) in [5.74, 6) is 1.15. The molecule has 1 rings (SSSR count). The largest absolute Gasteiger partial charge is 0.506 e. The highest BCUT2D eigenvalue weighted by Crippen LogP contribution is 2.34. The van der Waals surface area contributed by atoms with Gasteiger partial charge in [-0.1, -0.05) is 227 Å². The molecule has 0 aliphatic heterocycles. The second kappa shape index (κ2) is 50.0. The summed E-state index contributed by atoms with van der Waals surface area (Å²) in [5.41, 5.74) is 0.0824. The minimum atomic E-state index is -2.73. The van der Waals surface area contributed by atoms with E-state index in [1.54, 1.807) is 0 Å². The molecule has 1 aliphatic carbocycles. The van der Waals surface area contributed by atoms with Crippen LogP contribution in [0.4, 0.5) is 0 Å². The van der Waals surface area contributed by atoms with Gasteiger partial charge in [-0.3, -0.25) is 0 Å². The molecule has 0 spiro atoms. The van der Waals surface area contributed by atoms with Gasteiger partial charge in [0.2, 0.25) is 0 Å². The third kappa shape index (κ3) is 45.9. The summed E-state index contributed by atoms with van der Waals surface area (Å²) >= 11 is 0. The average Bonchev–Trinajstić information content (AvgIpc) is 4.01. The highest BCUT2D eigenvalue weighted by Gasteiger charge is 2.47. The van der Waals surface area contributed by atoms with E-state index >= 15 is 0 Å². The van der Waals surface area contributed by atoms with E-state index in [0.717, 1.165) is 12.3 Å². The van der Waals surface area contributed by atoms with E-state index in [2.05, 4.69) is 61.0 Å². The van der Waals surface area contributed by atoms with E-state index < -0.39 is 8.80 Å². The summed E-state index contributed by atoms with van der Waals surface area (Å²) in [7, 11) is 1.40. The molecule has 0 saturated heterocycles. The van der Waals surface area contributed by atoms with Crippen LogP contribution in [-0.2, 0) is 18.1 Å². The van der Waals surface area contributed by atoms with Gasteiger partial charge in [0.1, 0.15) is 26.9 Å². The highest BCUT2D eigenvalue weighted by atomic mass is 35.5. The molecule has 0 radical (unpaired) electrons. The van der Waals surface area contributed by atoms with Crippen molar-refractivity contribution in [1.82, 2.24) is 0 Å². The second-order valence-corrected chi connectivity index (χ2v) is 20.5. The number of hydrogen-bond donors (Lipinski definition) is 0. The van der Waals surface area contributed by atoms with Crippen LogP contribution in [0.25, 0.3) is 0 Å². The zero-order chi connectivity index (χ0) is 41.9. The van der Waals surface area contributed by atoms with Crippen molar-refractivity contribution in [2.45, 2.75) is 266 Å². The lowest BCUT2D eigenvalue weighted by Gasteiger charge is -2.34. The third-order valence-corrected chi connectivity index (χ3v) is 14.3. The van der Waals surface area contributed by atoms with Crippen LogP contribution < -0.4 is 0 Å². The molecule has 0 amide bonds. The maximum atomic E-state index is 6.21. The van der Waals surface area contributed by atoms with Gasteiger partial charge in [0, 0.05) is 19.8 Å². The minimum Gasteiger partial charge on any atom is -0.374 e. The van der Waals surface area contributed by atoms with Crippen LogP contribution in [0, 0.1) is 5.92 Å². The molecule has 1 aliphatic rings. The Bertz CT molecular complexity index is 770. The van der Waals surface area contributed by atoms with E-state index in [9.17, 15) is 0 Å². The summed E-state index contributed by atoms with van der Waals surface area (Å²) in [6.45, 7) is 19.3. The Hall–Kier alpha value is 0.337. The molecule has 0 aromatic heterocycles. The lowest BCUT2D eigenvalue weighted by Crippen LogP contribution is -2.51. The molecule has 0 bridgehead atoms. The molecule has 1 saturated carbocycles. The summed E-state index contributed by atoms with van der Waals surface area (Å²) in [6, 6.07) is 0. The third-order valence-electron chi connectivity index (χ3n) is 10.9. The Labute approximate surface area is 379 Å². The molecular weight excluding hydrogens is 778 g/mol. The van der Waals surface area contributed by atoms with Crippen molar-refractivity contribution >= 4 is 33.6 Å². The molecule has 1 atom stereocenters. The van der Waals surface area contributed by atoms with Crippen LogP contribution in [0.15, 0.2) is 12.3 Å². The predicted octanol–water partition coefficient (Wildman–Crippen LogP) is 18.0. The van der Waals surface area contributed by atoms with Crippen LogP contribution in [0.1, 0.15) is 261 Å². The average molecular weight is 886 g/mol. The van der Waals surface area contributed by atoms with E-state index in [4.69, 9.17) is 18.1 Å². The summed E-state index contributed by atoms with van der Waals surface area (Å²) in [4.78, 5) is 6.21. The van der Waals surface area contributed by atoms with Crippen LogP contribution in [0.2, 0.25) is 5.54 Å². The number of rotatable bonds is 40. The number of nitrogens with zero attached hydrogens (tertiary/aromatic N) is 1. The number of quaternary nitrogens is 1. The van der Waals surface area contributed by atoms with E-state index in [0.29, 0.717) is 31.1 Å². The number of allylic oxidation sites excluding steroid dienone is 1. The Kier molecular flexibility index (Phi) is 56.0. The normalized spacial score (nSPS) is 13.3. The van der Waals surface area contributed by atoms with Gasteiger partial charge in [-0.05, 0) is 45.6 Å². The van der Waals surface area contributed by atoms with Gasteiger partial charge in [0.15, 0.2) is 0 Å². The van der Waals surface area contributed by atoms with Gasteiger partial charge in [0.05, 0.1) is 5.54 Å². The molecule has 0 aromatic rings. The van der Waals surface area contributed by atoms with Crippen molar-refractivity contribution in [1.29, 1.82) is 0 Å². The highest BCUT2D eigenvalue weighted by molar-refractivity contribution is 6.62. The number of unbranched alkanes of at least 4 members (excludes halogenated alkanes) is 26. The molecule has 58 heavy (non-hydrogen) atoms. The molecule has 354 valence electrons. The van der Waals surface area contributed by atoms with Crippen molar-refractivity contribution < 1.29 is 22.8 Å². The second-order valence-electron chi connectivity index (χ2n) is 17.5. The maximum Gasteiger partial charge on any atom is 0.506 e. The first-order chi connectivity index (χ1) is 27.2. The fourth-order valence-electron chi connectivity index (χ4n) is 7.25. The Morgan fingerprint density at radius 3 is 1.12 bits per heavy atom. The molecule has 0 aromatic carbocycles. The summed E-state index contributed by atoms with van der Waals surface area (Å²) in [5, 5.41) is 0. The van der Waals surface area contributed by atoms with Crippen molar-refractivity contribution in [3.8, 4) is 0 Å². The zero-order valence-electron chi connectivity index (χ0n) is 41.2. The predicted molar refractivity (Wildman–Crippen MR) is 266 cm³/mol. The first-order valence-electron chi connectivity index (χ1n) is 25.3. The number of hydroxylamine groups is 3. The molecule has 1 fully saturated rings. The van der Waals surface area contributed by atoms with Crippen LogP contribution >= 0.6 is 24.8 Å².